The van der Waals surface area contributed by atoms with E-state index in [2.05, 4.69) is 94.4 Å². The van der Waals surface area contributed by atoms with E-state index in [0.29, 0.717) is 56.6 Å². The van der Waals surface area contributed by atoms with E-state index in [1.165, 1.54) is 11.1 Å². The molecule has 1 aliphatic rings. The maximum atomic E-state index is 12.8. The first-order valence-corrected chi connectivity index (χ1v) is 20.8. The highest BCUT2D eigenvalue weighted by atomic mass is 16.7. The van der Waals surface area contributed by atoms with Crippen LogP contribution in [0.15, 0.2) is 158 Å². The predicted molar refractivity (Wildman–Crippen MR) is 237 cm³/mol. The van der Waals surface area contributed by atoms with Crippen molar-refractivity contribution in [2.45, 2.75) is 76.8 Å². The minimum absolute atomic E-state index is 0.00999. The van der Waals surface area contributed by atoms with Crippen LogP contribution < -0.4 is 16.4 Å². The molecule has 5 N–H and O–H groups in total. The fraction of sp³-hybridized carbons (Fsp3) is 0.255. The fourth-order valence-electron chi connectivity index (χ4n) is 7.64. The second kappa shape index (κ2) is 21.2. The fourth-order valence-corrected chi connectivity index (χ4v) is 7.64. The Labute approximate surface area is 353 Å². The number of nitrogen functional groups attached to an aromatic ring is 1. The van der Waals surface area contributed by atoms with Crippen molar-refractivity contribution in [2.24, 2.45) is 0 Å². The van der Waals surface area contributed by atoms with Crippen LogP contribution in [-0.4, -0.2) is 34.5 Å². The highest BCUT2D eigenvalue weighted by Gasteiger charge is 2.33. The molecular formula is C51H54N4O5. The summed E-state index contributed by atoms with van der Waals surface area (Å²) >= 11 is 0. The number of ether oxygens (including phenoxy) is 2. The average Bonchev–Trinajstić information content (AvgIpc) is 3.28. The number of nitrogens with zero attached hydrogens (tertiary/aromatic N) is 1. The summed E-state index contributed by atoms with van der Waals surface area (Å²) in [6.45, 7) is 2.67. The third-order valence-corrected chi connectivity index (χ3v) is 10.9. The minimum atomic E-state index is -0.590. The number of unbranched alkanes of at least 4 members (excludes halogenated alkanes) is 1. The monoisotopic (exact) mass is 802 g/mol. The molecule has 308 valence electrons. The van der Waals surface area contributed by atoms with Gasteiger partial charge in [-0.1, -0.05) is 146 Å². The Kier molecular flexibility index (Phi) is 14.9. The molecule has 3 atom stereocenters. The summed E-state index contributed by atoms with van der Waals surface area (Å²) in [7, 11) is 0. The minimum Gasteiger partial charge on any atom is -0.397 e. The number of carbonyl (C=O) groups excluding carboxylic acids is 2. The standard InChI is InChI=1S/C51H54N4O5/c52-46-19-9-10-20-47(46)54-50(58)22-12-11-21-49(57)53-32-43-17-7-8-18-45(43)40-27-29-42(30-28-40)51-59-44(31-48(60-51)41-25-23-39(36-56)24-26-41)35-55(33-37-13-3-1-4-14-37)34-38-15-5-2-6-16-38/h1-10,13-20,23-30,44,48,51,56H,11-12,21-22,31-36,52H2,(H,53,57)(H,54,58)/t44-,48+,51+/m1/s1. The van der Waals surface area contributed by atoms with Gasteiger partial charge in [-0.05, 0) is 63.9 Å². The van der Waals surface area contributed by atoms with E-state index in [-0.39, 0.29) is 30.6 Å². The zero-order valence-corrected chi connectivity index (χ0v) is 33.9. The highest BCUT2D eigenvalue weighted by Crippen LogP contribution is 2.39. The molecule has 0 unspecified atom stereocenters. The molecule has 0 spiro atoms. The van der Waals surface area contributed by atoms with Crippen molar-refractivity contribution >= 4 is 23.2 Å². The summed E-state index contributed by atoms with van der Waals surface area (Å²) in [5, 5.41) is 15.6. The van der Waals surface area contributed by atoms with Crippen molar-refractivity contribution in [3.05, 3.63) is 191 Å². The number of para-hydroxylation sites is 2. The van der Waals surface area contributed by atoms with Crippen molar-refractivity contribution in [1.29, 1.82) is 0 Å². The maximum absolute atomic E-state index is 12.8. The number of benzene rings is 6. The lowest BCUT2D eigenvalue weighted by Gasteiger charge is -2.38. The third kappa shape index (κ3) is 12.0. The van der Waals surface area contributed by atoms with Gasteiger partial charge in [-0.2, -0.15) is 0 Å². The average molecular weight is 803 g/mol. The van der Waals surface area contributed by atoms with Gasteiger partial charge in [0.1, 0.15) is 0 Å². The van der Waals surface area contributed by atoms with Crippen molar-refractivity contribution in [2.75, 3.05) is 17.6 Å². The number of amides is 2. The Balaban J connectivity index is 0.999. The molecule has 1 saturated heterocycles. The number of anilines is 2. The van der Waals surface area contributed by atoms with E-state index in [1.807, 2.05) is 66.7 Å². The Morgan fingerprint density at radius 1 is 0.650 bits per heavy atom. The lowest BCUT2D eigenvalue weighted by Crippen LogP contribution is -2.39. The number of nitrogens with two attached hydrogens (primary N) is 1. The van der Waals surface area contributed by atoms with Crippen LogP contribution in [0.4, 0.5) is 11.4 Å². The van der Waals surface area contributed by atoms with Gasteiger partial charge in [0.05, 0.1) is 30.2 Å². The van der Waals surface area contributed by atoms with Crippen LogP contribution in [0.2, 0.25) is 0 Å². The molecule has 9 nitrogen and oxygen atoms in total. The summed E-state index contributed by atoms with van der Waals surface area (Å²) in [5.74, 6) is -0.173. The molecule has 0 radical (unpaired) electrons. The number of nitrogens with one attached hydrogen (secondary N) is 2. The van der Waals surface area contributed by atoms with E-state index in [9.17, 15) is 14.7 Å². The first-order valence-electron chi connectivity index (χ1n) is 20.8. The largest absolute Gasteiger partial charge is 0.397 e. The molecule has 0 bridgehead atoms. The third-order valence-electron chi connectivity index (χ3n) is 10.9. The van der Waals surface area contributed by atoms with Crippen LogP contribution >= 0.6 is 0 Å². The zero-order chi connectivity index (χ0) is 41.5. The van der Waals surface area contributed by atoms with Gasteiger partial charge in [0.25, 0.3) is 0 Å². The quantitative estimate of drug-likeness (QED) is 0.0504. The van der Waals surface area contributed by atoms with E-state index in [0.717, 1.165) is 46.5 Å². The summed E-state index contributed by atoms with van der Waals surface area (Å²) in [5.41, 5.74) is 15.4. The summed E-state index contributed by atoms with van der Waals surface area (Å²) < 4.78 is 13.5. The molecule has 60 heavy (non-hydrogen) atoms. The van der Waals surface area contributed by atoms with Crippen molar-refractivity contribution in [3.63, 3.8) is 0 Å². The molecule has 1 aliphatic heterocycles. The molecule has 6 aromatic rings. The zero-order valence-electron chi connectivity index (χ0n) is 33.9. The predicted octanol–water partition coefficient (Wildman–Crippen LogP) is 9.49. The van der Waals surface area contributed by atoms with E-state index < -0.39 is 6.29 Å². The van der Waals surface area contributed by atoms with Crippen LogP contribution in [0.25, 0.3) is 11.1 Å². The Hall–Kier alpha value is -6.10. The summed E-state index contributed by atoms with van der Waals surface area (Å²) in [4.78, 5) is 27.7. The normalized spacial score (nSPS) is 16.3. The van der Waals surface area contributed by atoms with Crippen molar-refractivity contribution < 1.29 is 24.2 Å². The van der Waals surface area contributed by atoms with Gasteiger partial charge in [0.2, 0.25) is 11.8 Å². The molecule has 6 aromatic carbocycles. The first-order chi connectivity index (χ1) is 29.4. The second-order valence-electron chi connectivity index (χ2n) is 15.4. The first kappa shape index (κ1) is 42.0. The number of hydrogen-bond acceptors (Lipinski definition) is 7. The van der Waals surface area contributed by atoms with Crippen LogP contribution in [0.1, 0.15) is 77.9 Å². The molecule has 1 fully saturated rings. The molecule has 9 heteroatoms. The number of aliphatic hydroxyl groups is 1. The van der Waals surface area contributed by atoms with Crippen LogP contribution in [0.5, 0.6) is 0 Å². The maximum Gasteiger partial charge on any atom is 0.224 e. The molecule has 1 heterocycles. The van der Waals surface area contributed by atoms with Gasteiger partial charge in [0.15, 0.2) is 6.29 Å². The van der Waals surface area contributed by atoms with Gasteiger partial charge in [-0.3, -0.25) is 14.5 Å². The number of hydrogen-bond donors (Lipinski definition) is 4. The lowest BCUT2D eigenvalue weighted by atomic mass is 9.97. The van der Waals surface area contributed by atoms with Crippen LogP contribution in [0, 0.1) is 0 Å². The summed E-state index contributed by atoms with van der Waals surface area (Å²) in [6.07, 6.45) is 1.63. The molecule has 2 amide bonds. The van der Waals surface area contributed by atoms with Crippen molar-refractivity contribution in [3.8, 4) is 11.1 Å². The lowest BCUT2D eigenvalue weighted by molar-refractivity contribution is -0.253. The van der Waals surface area contributed by atoms with Gasteiger partial charge in [-0.25, -0.2) is 0 Å². The smallest absolute Gasteiger partial charge is 0.224 e. The van der Waals surface area contributed by atoms with Gasteiger partial charge in [0, 0.05) is 51.0 Å². The van der Waals surface area contributed by atoms with E-state index in [4.69, 9.17) is 15.2 Å². The molecular weight excluding hydrogens is 749 g/mol. The van der Waals surface area contributed by atoms with Gasteiger partial charge < -0.3 is 30.9 Å². The molecule has 0 aliphatic carbocycles. The number of carbonyl (C=O) groups is 2. The van der Waals surface area contributed by atoms with Gasteiger partial charge >= 0.3 is 0 Å². The Bertz CT molecular complexity index is 2230. The number of aliphatic hydroxyl groups excluding tert-OH is 1. The van der Waals surface area contributed by atoms with Gasteiger partial charge in [-0.15, -0.1) is 0 Å². The SMILES string of the molecule is Nc1ccccc1NC(=O)CCCCC(=O)NCc1ccccc1-c1ccc([C@H]2O[C@@H](CN(Cc3ccccc3)Cc3ccccc3)C[C@@H](c3ccc(CO)cc3)O2)cc1. The summed E-state index contributed by atoms with van der Waals surface area (Å²) in [6, 6.07) is 52.6. The van der Waals surface area contributed by atoms with Crippen LogP contribution in [0.3, 0.4) is 0 Å². The van der Waals surface area contributed by atoms with E-state index >= 15 is 0 Å². The topological polar surface area (TPSA) is 126 Å². The molecule has 7 rings (SSSR count). The molecule has 0 aromatic heterocycles. The highest BCUT2D eigenvalue weighted by molar-refractivity contribution is 5.93. The number of rotatable bonds is 18. The van der Waals surface area contributed by atoms with Crippen LogP contribution in [-0.2, 0) is 45.3 Å². The van der Waals surface area contributed by atoms with E-state index in [1.54, 1.807) is 12.1 Å². The Morgan fingerprint density at radius 3 is 1.92 bits per heavy atom. The van der Waals surface area contributed by atoms with Crippen molar-refractivity contribution in [1.82, 2.24) is 10.2 Å². The molecule has 0 saturated carbocycles. The Morgan fingerprint density at radius 2 is 1.25 bits per heavy atom. The second-order valence-corrected chi connectivity index (χ2v) is 15.4.